The molecule has 0 aliphatic carbocycles. The summed E-state index contributed by atoms with van der Waals surface area (Å²) in [5, 5.41) is 3.05. The van der Waals surface area contributed by atoms with Gasteiger partial charge < -0.3 is 10.2 Å². The molecule has 0 radical (unpaired) electrons. The summed E-state index contributed by atoms with van der Waals surface area (Å²) >= 11 is 0. The van der Waals surface area contributed by atoms with E-state index in [-0.39, 0.29) is 17.9 Å². The standard InChI is InChI=1S/C16H30N2O2/c1-7-12(6)18-14(20)15(8-2,9-3)17-13(19)16(18,10-4)11-5/h12H,7-11H2,1-6H3,(H,17,19). The van der Waals surface area contributed by atoms with Crippen LogP contribution in [-0.4, -0.2) is 33.8 Å². The average Bonchev–Trinajstić information content (AvgIpc) is 2.48. The second kappa shape index (κ2) is 6.15. The smallest absolute Gasteiger partial charge is 0.249 e. The van der Waals surface area contributed by atoms with Crippen LogP contribution < -0.4 is 5.32 Å². The summed E-state index contributed by atoms with van der Waals surface area (Å²) in [5.41, 5.74) is -1.39. The summed E-state index contributed by atoms with van der Waals surface area (Å²) in [7, 11) is 0. The van der Waals surface area contributed by atoms with Gasteiger partial charge in [0.2, 0.25) is 11.8 Å². The fourth-order valence-corrected chi connectivity index (χ4v) is 3.37. The third kappa shape index (κ3) is 2.23. The number of amides is 2. The monoisotopic (exact) mass is 282 g/mol. The molecule has 20 heavy (non-hydrogen) atoms. The molecule has 0 aromatic rings. The van der Waals surface area contributed by atoms with Crippen LogP contribution in [0.5, 0.6) is 0 Å². The van der Waals surface area contributed by atoms with Crippen LogP contribution in [0.4, 0.5) is 0 Å². The van der Waals surface area contributed by atoms with Gasteiger partial charge in [-0.25, -0.2) is 0 Å². The molecule has 1 fully saturated rings. The van der Waals surface area contributed by atoms with Gasteiger partial charge in [-0.1, -0.05) is 34.6 Å². The quantitative estimate of drug-likeness (QED) is 0.814. The van der Waals surface area contributed by atoms with Crippen LogP contribution >= 0.6 is 0 Å². The Hall–Kier alpha value is -1.06. The number of carbonyl (C=O) groups excluding carboxylic acids is 2. The summed E-state index contributed by atoms with van der Waals surface area (Å²) in [6.07, 6.45) is 3.48. The van der Waals surface area contributed by atoms with Gasteiger partial charge >= 0.3 is 0 Å². The molecule has 2 amide bonds. The SMILES string of the molecule is CCC(C)N1C(=O)C(CC)(CC)NC(=O)C1(CC)CC. The predicted octanol–water partition coefficient (Wildman–Crippen LogP) is 2.86. The van der Waals surface area contributed by atoms with Crippen molar-refractivity contribution < 1.29 is 9.59 Å². The number of nitrogens with one attached hydrogen (secondary N) is 1. The van der Waals surface area contributed by atoms with Crippen molar-refractivity contribution in [2.45, 2.75) is 90.8 Å². The predicted molar refractivity (Wildman–Crippen MR) is 81.4 cm³/mol. The van der Waals surface area contributed by atoms with Gasteiger partial charge in [0.15, 0.2) is 0 Å². The highest BCUT2D eigenvalue weighted by Crippen LogP contribution is 2.36. The lowest BCUT2D eigenvalue weighted by atomic mass is 9.78. The topological polar surface area (TPSA) is 49.4 Å². The number of rotatable bonds is 6. The normalized spacial score (nSPS) is 22.6. The van der Waals surface area contributed by atoms with Crippen LogP contribution in [0, 0.1) is 0 Å². The van der Waals surface area contributed by atoms with Gasteiger partial charge in [-0.2, -0.15) is 0 Å². The minimum Gasteiger partial charge on any atom is -0.340 e. The maximum absolute atomic E-state index is 13.1. The molecule has 0 aromatic carbocycles. The molecule has 1 unspecified atom stereocenters. The molecule has 0 saturated carbocycles. The van der Waals surface area contributed by atoms with Crippen LogP contribution in [0.25, 0.3) is 0 Å². The molecule has 4 heteroatoms. The minimum atomic E-state index is -0.714. The molecule has 1 atom stereocenters. The first-order valence-corrected chi connectivity index (χ1v) is 8.05. The maximum atomic E-state index is 13.1. The van der Waals surface area contributed by atoms with E-state index in [1.807, 2.05) is 39.5 Å². The van der Waals surface area contributed by atoms with Crippen molar-refractivity contribution in [3.8, 4) is 0 Å². The average molecular weight is 282 g/mol. The lowest BCUT2D eigenvalue weighted by Crippen LogP contribution is -2.76. The molecule has 1 N–H and O–H groups in total. The van der Waals surface area contributed by atoms with Crippen molar-refractivity contribution in [3.63, 3.8) is 0 Å². The highest BCUT2D eigenvalue weighted by Gasteiger charge is 2.56. The Kier molecular flexibility index (Phi) is 5.22. The summed E-state index contributed by atoms with van der Waals surface area (Å²) in [4.78, 5) is 27.8. The van der Waals surface area contributed by atoms with Gasteiger partial charge in [0.1, 0.15) is 11.1 Å². The molecule has 0 aromatic heterocycles. The van der Waals surface area contributed by atoms with E-state index in [1.165, 1.54) is 0 Å². The van der Waals surface area contributed by atoms with Gasteiger partial charge in [-0.05, 0) is 39.0 Å². The van der Waals surface area contributed by atoms with E-state index < -0.39 is 11.1 Å². The first kappa shape index (κ1) is 17.0. The number of piperazine rings is 1. The molecular weight excluding hydrogens is 252 g/mol. The van der Waals surface area contributed by atoms with E-state index in [0.29, 0.717) is 25.7 Å². The zero-order valence-electron chi connectivity index (χ0n) is 13.9. The molecular formula is C16H30N2O2. The molecule has 1 aliphatic rings. The second-order valence-electron chi connectivity index (χ2n) is 5.91. The van der Waals surface area contributed by atoms with Crippen LogP contribution in [0.15, 0.2) is 0 Å². The Morgan fingerprint density at radius 3 is 1.85 bits per heavy atom. The van der Waals surface area contributed by atoms with Gasteiger partial charge in [0.25, 0.3) is 0 Å². The number of hydrogen-bond acceptors (Lipinski definition) is 2. The van der Waals surface area contributed by atoms with Crippen molar-refractivity contribution >= 4 is 11.8 Å². The first-order valence-electron chi connectivity index (χ1n) is 8.05. The Labute approximate surface area is 123 Å². The highest BCUT2D eigenvalue weighted by molar-refractivity contribution is 6.02. The van der Waals surface area contributed by atoms with Crippen LogP contribution in [0.3, 0.4) is 0 Å². The van der Waals surface area contributed by atoms with Crippen molar-refractivity contribution in [1.82, 2.24) is 10.2 Å². The Morgan fingerprint density at radius 1 is 1.00 bits per heavy atom. The Balaban J connectivity index is 3.39. The third-order valence-corrected chi connectivity index (χ3v) is 5.27. The Bertz CT molecular complexity index is 371. The van der Waals surface area contributed by atoms with Gasteiger partial charge in [0.05, 0.1) is 0 Å². The first-order chi connectivity index (χ1) is 9.38. The van der Waals surface area contributed by atoms with E-state index in [9.17, 15) is 9.59 Å². The Morgan fingerprint density at radius 2 is 1.50 bits per heavy atom. The van der Waals surface area contributed by atoms with Crippen LogP contribution in [-0.2, 0) is 9.59 Å². The summed E-state index contributed by atoms with van der Waals surface area (Å²) in [5.74, 6) is 0.117. The maximum Gasteiger partial charge on any atom is 0.249 e. The zero-order valence-corrected chi connectivity index (χ0v) is 13.9. The number of nitrogens with zero attached hydrogens (tertiary/aromatic N) is 1. The van der Waals surface area contributed by atoms with Crippen molar-refractivity contribution in [2.75, 3.05) is 0 Å². The fourth-order valence-electron chi connectivity index (χ4n) is 3.37. The van der Waals surface area contributed by atoms with Gasteiger partial charge in [-0.15, -0.1) is 0 Å². The molecule has 1 saturated heterocycles. The van der Waals surface area contributed by atoms with Gasteiger partial charge in [-0.3, -0.25) is 9.59 Å². The lowest BCUT2D eigenvalue weighted by molar-refractivity contribution is -0.168. The van der Waals surface area contributed by atoms with E-state index in [4.69, 9.17) is 0 Å². The second-order valence-corrected chi connectivity index (χ2v) is 5.91. The van der Waals surface area contributed by atoms with Crippen LogP contribution in [0.1, 0.15) is 73.6 Å². The van der Waals surface area contributed by atoms with E-state index in [2.05, 4.69) is 12.2 Å². The van der Waals surface area contributed by atoms with Crippen molar-refractivity contribution in [1.29, 1.82) is 0 Å². The molecule has 1 heterocycles. The number of hydrogen-bond donors (Lipinski definition) is 1. The number of carbonyl (C=O) groups is 2. The highest BCUT2D eigenvalue weighted by atomic mass is 16.2. The molecule has 0 bridgehead atoms. The minimum absolute atomic E-state index is 0.0195. The van der Waals surface area contributed by atoms with Crippen molar-refractivity contribution in [2.24, 2.45) is 0 Å². The largest absolute Gasteiger partial charge is 0.340 e. The summed E-state index contributed by atoms with van der Waals surface area (Å²) in [6, 6.07) is 0.0888. The molecule has 4 nitrogen and oxygen atoms in total. The van der Waals surface area contributed by atoms with E-state index in [0.717, 1.165) is 6.42 Å². The molecule has 0 spiro atoms. The zero-order chi connectivity index (χ0) is 15.6. The van der Waals surface area contributed by atoms with Crippen molar-refractivity contribution in [3.05, 3.63) is 0 Å². The van der Waals surface area contributed by atoms with Crippen LogP contribution in [0.2, 0.25) is 0 Å². The molecule has 1 aliphatic heterocycles. The molecule has 1 rings (SSSR count). The van der Waals surface area contributed by atoms with E-state index in [1.54, 1.807) is 0 Å². The van der Waals surface area contributed by atoms with E-state index >= 15 is 0 Å². The fraction of sp³-hybridized carbons (Fsp3) is 0.875. The third-order valence-electron chi connectivity index (χ3n) is 5.27. The summed E-state index contributed by atoms with van der Waals surface area (Å²) < 4.78 is 0. The molecule has 116 valence electrons. The lowest BCUT2D eigenvalue weighted by Gasteiger charge is -2.54. The van der Waals surface area contributed by atoms with Gasteiger partial charge in [0, 0.05) is 6.04 Å². The summed E-state index contributed by atoms with van der Waals surface area (Å²) in [6.45, 7) is 12.1.